The molecule has 0 spiro atoms. The molecule has 0 saturated carbocycles. The van der Waals surface area contributed by atoms with Crippen LogP contribution in [0.2, 0.25) is 0 Å². The molecule has 1 unspecified atom stereocenters. The molecule has 6 heteroatoms. The number of carbonyl (C=O) groups excluding carboxylic acids is 1. The fourth-order valence-electron chi connectivity index (χ4n) is 2.55. The second-order valence-electron chi connectivity index (χ2n) is 5.82. The minimum atomic E-state index is -0.187. The van der Waals surface area contributed by atoms with Gasteiger partial charge >= 0.3 is 0 Å². The van der Waals surface area contributed by atoms with Crippen LogP contribution in [-0.2, 0) is 11.3 Å². The summed E-state index contributed by atoms with van der Waals surface area (Å²) >= 11 is 1.53. The second kappa shape index (κ2) is 9.38. The Morgan fingerprint density at radius 3 is 2.23 bits per heavy atom. The number of methoxy groups -OCH3 is 3. The predicted molar refractivity (Wildman–Crippen MR) is 104 cm³/mol. The normalized spacial score (nSPS) is 11.6. The van der Waals surface area contributed by atoms with E-state index < -0.39 is 0 Å². The Labute approximate surface area is 159 Å². The number of hydrogen-bond acceptors (Lipinski definition) is 5. The van der Waals surface area contributed by atoms with Crippen molar-refractivity contribution in [2.75, 3.05) is 28.4 Å². The van der Waals surface area contributed by atoms with E-state index in [9.17, 15) is 4.79 Å². The summed E-state index contributed by atoms with van der Waals surface area (Å²) < 4.78 is 15.7. The molecule has 0 bridgehead atoms. The summed E-state index contributed by atoms with van der Waals surface area (Å²) in [5.41, 5.74) is 0.986. The van der Waals surface area contributed by atoms with Crippen LogP contribution < -0.4 is 14.2 Å². The minimum Gasteiger partial charge on any atom is -0.497 e. The highest BCUT2D eigenvalue weighted by molar-refractivity contribution is 8.00. The summed E-state index contributed by atoms with van der Waals surface area (Å²) in [6.07, 6.45) is 0. The van der Waals surface area contributed by atoms with Crippen molar-refractivity contribution in [1.82, 2.24) is 4.90 Å². The Hall–Kier alpha value is -2.34. The fraction of sp³-hybridized carbons (Fsp3) is 0.350. The number of ether oxygens (including phenoxy) is 3. The summed E-state index contributed by atoms with van der Waals surface area (Å²) in [6.45, 7) is 2.43. The van der Waals surface area contributed by atoms with Gasteiger partial charge < -0.3 is 19.1 Å². The number of hydrogen-bond donors (Lipinski definition) is 0. The molecule has 140 valence electrons. The van der Waals surface area contributed by atoms with Gasteiger partial charge in [0.25, 0.3) is 0 Å². The third kappa shape index (κ3) is 5.08. The Kier molecular flexibility index (Phi) is 7.21. The van der Waals surface area contributed by atoms with Crippen molar-refractivity contribution in [2.24, 2.45) is 0 Å². The first-order valence-corrected chi connectivity index (χ1v) is 9.13. The molecule has 0 radical (unpaired) electrons. The van der Waals surface area contributed by atoms with Crippen LogP contribution in [0.1, 0.15) is 12.5 Å². The summed E-state index contributed by atoms with van der Waals surface area (Å²) in [5, 5.41) is -0.187. The SMILES string of the molecule is COc1ccc(SC(C)C(=O)N(C)Cc2ccc(OC)c(OC)c2)cc1. The van der Waals surface area contributed by atoms with Gasteiger partial charge in [-0.25, -0.2) is 0 Å². The van der Waals surface area contributed by atoms with Gasteiger partial charge in [0.2, 0.25) is 5.91 Å². The molecule has 0 aliphatic carbocycles. The van der Waals surface area contributed by atoms with Gasteiger partial charge in [-0.3, -0.25) is 4.79 Å². The molecule has 0 fully saturated rings. The molecule has 0 heterocycles. The van der Waals surface area contributed by atoms with Gasteiger partial charge in [-0.15, -0.1) is 11.8 Å². The molecule has 1 atom stereocenters. The number of rotatable bonds is 8. The first-order chi connectivity index (χ1) is 12.5. The van der Waals surface area contributed by atoms with Crippen molar-refractivity contribution < 1.29 is 19.0 Å². The topological polar surface area (TPSA) is 48.0 Å². The highest BCUT2D eigenvalue weighted by Gasteiger charge is 2.19. The Balaban J connectivity index is 1.99. The van der Waals surface area contributed by atoms with Crippen LogP contribution in [0.3, 0.4) is 0 Å². The van der Waals surface area contributed by atoms with Crippen molar-refractivity contribution in [2.45, 2.75) is 23.6 Å². The van der Waals surface area contributed by atoms with Crippen molar-refractivity contribution in [3.8, 4) is 17.2 Å². The van der Waals surface area contributed by atoms with Gasteiger partial charge in [-0.1, -0.05) is 6.07 Å². The maximum absolute atomic E-state index is 12.7. The largest absolute Gasteiger partial charge is 0.497 e. The van der Waals surface area contributed by atoms with Crippen LogP contribution in [0.15, 0.2) is 47.4 Å². The fourth-order valence-corrected chi connectivity index (χ4v) is 3.53. The molecule has 0 N–H and O–H groups in total. The van der Waals surface area contributed by atoms with E-state index in [1.165, 1.54) is 11.8 Å². The van der Waals surface area contributed by atoms with Gasteiger partial charge in [0.05, 0.1) is 26.6 Å². The van der Waals surface area contributed by atoms with Crippen LogP contribution in [0.4, 0.5) is 0 Å². The molecular weight excluding hydrogens is 350 g/mol. The molecule has 2 aromatic rings. The molecule has 0 aliphatic rings. The second-order valence-corrected chi connectivity index (χ2v) is 7.23. The van der Waals surface area contributed by atoms with E-state index in [0.29, 0.717) is 18.0 Å². The monoisotopic (exact) mass is 375 g/mol. The van der Waals surface area contributed by atoms with Crippen molar-refractivity contribution in [1.29, 1.82) is 0 Å². The molecular formula is C20H25NO4S. The lowest BCUT2D eigenvalue weighted by molar-refractivity contribution is -0.129. The molecule has 5 nitrogen and oxygen atoms in total. The molecule has 2 rings (SSSR count). The summed E-state index contributed by atoms with van der Waals surface area (Å²) in [5.74, 6) is 2.21. The van der Waals surface area contributed by atoms with E-state index in [4.69, 9.17) is 14.2 Å². The number of nitrogens with zero attached hydrogens (tertiary/aromatic N) is 1. The highest BCUT2D eigenvalue weighted by atomic mass is 32.2. The zero-order valence-electron chi connectivity index (χ0n) is 15.8. The first-order valence-electron chi connectivity index (χ1n) is 8.25. The average molecular weight is 375 g/mol. The van der Waals surface area contributed by atoms with E-state index in [1.54, 1.807) is 26.2 Å². The molecule has 0 saturated heterocycles. The molecule has 0 aliphatic heterocycles. The van der Waals surface area contributed by atoms with Gasteiger partial charge in [-0.05, 0) is 48.9 Å². The van der Waals surface area contributed by atoms with E-state index in [0.717, 1.165) is 16.2 Å². The molecule has 26 heavy (non-hydrogen) atoms. The van der Waals surface area contributed by atoms with E-state index >= 15 is 0 Å². The average Bonchev–Trinajstić information content (AvgIpc) is 2.67. The van der Waals surface area contributed by atoms with Crippen molar-refractivity contribution in [3.63, 3.8) is 0 Å². The molecule has 2 aromatic carbocycles. The Morgan fingerprint density at radius 1 is 1.00 bits per heavy atom. The lowest BCUT2D eigenvalue weighted by Gasteiger charge is -2.22. The minimum absolute atomic E-state index is 0.0700. The molecule has 1 amide bonds. The van der Waals surface area contributed by atoms with E-state index in [-0.39, 0.29) is 11.2 Å². The highest BCUT2D eigenvalue weighted by Crippen LogP contribution is 2.29. The van der Waals surface area contributed by atoms with Crippen LogP contribution in [0.25, 0.3) is 0 Å². The Morgan fingerprint density at radius 2 is 1.65 bits per heavy atom. The third-order valence-corrected chi connectivity index (χ3v) is 5.06. The summed E-state index contributed by atoms with van der Waals surface area (Å²) in [4.78, 5) is 15.4. The maximum atomic E-state index is 12.7. The lowest BCUT2D eigenvalue weighted by atomic mass is 10.2. The van der Waals surface area contributed by atoms with Crippen LogP contribution in [-0.4, -0.2) is 44.4 Å². The van der Waals surface area contributed by atoms with Gasteiger partial charge in [0, 0.05) is 18.5 Å². The Bertz CT molecular complexity index is 733. The number of thioether (sulfide) groups is 1. The molecule has 0 aromatic heterocycles. The lowest BCUT2D eigenvalue weighted by Crippen LogP contribution is -2.32. The smallest absolute Gasteiger partial charge is 0.235 e. The van der Waals surface area contributed by atoms with E-state index in [1.807, 2.05) is 56.4 Å². The zero-order valence-corrected chi connectivity index (χ0v) is 16.6. The summed E-state index contributed by atoms with van der Waals surface area (Å²) in [6, 6.07) is 13.4. The number of amides is 1. The third-order valence-electron chi connectivity index (χ3n) is 3.96. The van der Waals surface area contributed by atoms with Crippen molar-refractivity contribution >= 4 is 17.7 Å². The van der Waals surface area contributed by atoms with Crippen LogP contribution in [0, 0.1) is 0 Å². The van der Waals surface area contributed by atoms with Gasteiger partial charge in [0.15, 0.2) is 11.5 Å². The van der Waals surface area contributed by atoms with Crippen molar-refractivity contribution in [3.05, 3.63) is 48.0 Å². The van der Waals surface area contributed by atoms with Crippen LogP contribution >= 0.6 is 11.8 Å². The zero-order chi connectivity index (χ0) is 19.1. The van der Waals surface area contributed by atoms with Gasteiger partial charge in [-0.2, -0.15) is 0 Å². The number of benzene rings is 2. The quantitative estimate of drug-likeness (QED) is 0.656. The number of carbonyl (C=O) groups is 1. The first kappa shape index (κ1) is 20.0. The standard InChI is InChI=1S/C20H25NO4S/c1-14(26-17-9-7-16(23-3)8-10-17)20(22)21(2)13-15-6-11-18(24-4)19(12-15)25-5/h6-12,14H,13H2,1-5H3. The van der Waals surface area contributed by atoms with Crippen LogP contribution in [0.5, 0.6) is 17.2 Å². The predicted octanol–water partition coefficient (Wildman–Crippen LogP) is 3.85. The summed E-state index contributed by atoms with van der Waals surface area (Å²) in [7, 11) is 6.65. The van der Waals surface area contributed by atoms with E-state index in [2.05, 4.69) is 0 Å². The maximum Gasteiger partial charge on any atom is 0.235 e. The van der Waals surface area contributed by atoms with Gasteiger partial charge in [0.1, 0.15) is 5.75 Å².